The second-order valence-corrected chi connectivity index (χ2v) is 6.25. The smallest absolute Gasteiger partial charge is 0.325 e. The number of nitrogens with two attached hydrogens (primary N) is 1. The number of anilines is 1. The van der Waals surface area contributed by atoms with E-state index in [0.717, 1.165) is 11.3 Å². The maximum atomic E-state index is 12.7. The van der Waals surface area contributed by atoms with E-state index in [2.05, 4.69) is 16.1 Å². The van der Waals surface area contributed by atoms with Crippen LogP contribution in [-0.2, 0) is 17.8 Å². The van der Waals surface area contributed by atoms with Gasteiger partial charge >= 0.3 is 6.03 Å². The summed E-state index contributed by atoms with van der Waals surface area (Å²) in [6.07, 6.45) is 0.393. The third-order valence-corrected chi connectivity index (χ3v) is 4.42. The summed E-state index contributed by atoms with van der Waals surface area (Å²) in [5.41, 5.74) is 5.40. The fraction of sp³-hybridized carbons (Fsp3) is 0.211. The third kappa shape index (κ3) is 4.06. The van der Waals surface area contributed by atoms with E-state index in [9.17, 15) is 14.4 Å². The van der Waals surface area contributed by atoms with Gasteiger partial charge in [-0.25, -0.2) is 4.79 Å². The quantitative estimate of drug-likeness (QED) is 0.345. The Kier molecular flexibility index (Phi) is 5.37. The normalized spacial score (nSPS) is 16.2. The molecule has 5 N–H and O–H groups in total. The largest absolute Gasteiger partial charge is 0.355 e. The number of hydrogen-bond donors (Lipinski definition) is 4. The summed E-state index contributed by atoms with van der Waals surface area (Å²) in [4.78, 5) is 37.8. The average Bonchev–Trinajstić information content (AvgIpc) is 2.95. The van der Waals surface area contributed by atoms with Gasteiger partial charge in [-0.2, -0.15) is 0 Å². The Balaban J connectivity index is 1.69. The summed E-state index contributed by atoms with van der Waals surface area (Å²) in [6, 6.07) is 13.1. The lowest BCUT2D eigenvalue weighted by molar-refractivity contribution is -0.127. The Morgan fingerprint density at radius 3 is 2.56 bits per heavy atom. The molecule has 0 aliphatic carbocycles. The highest BCUT2D eigenvalue weighted by Crippen LogP contribution is 2.17. The molecule has 140 valence electrons. The molecule has 1 aliphatic heterocycles. The molecular weight excluding hydrogens is 346 g/mol. The highest BCUT2D eigenvalue weighted by atomic mass is 16.2. The van der Waals surface area contributed by atoms with Crippen molar-refractivity contribution < 1.29 is 14.4 Å². The molecule has 1 saturated heterocycles. The van der Waals surface area contributed by atoms with Crippen LogP contribution in [0.3, 0.4) is 0 Å². The van der Waals surface area contributed by atoms with E-state index in [0.29, 0.717) is 17.5 Å². The Labute approximate surface area is 156 Å². The van der Waals surface area contributed by atoms with Gasteiger partial charge in [0.05, 0.1) is 6.54 Å². The topological polar surface area (TPSA) is 117 Å². The number of benzene rings is 2. The molecule has 1 aliphatic rings. The Morgan fingerprint density at radius 2 is 1.89 bits per heavy atom. The molecule has 1 unspecified atom stereocenters. The van der Waals surface area contributed by atoms with Gasteiger partial charge < -0.3 is 16.1 Å². The number of carbonyl (C=O) groups is 3. The van der Waals surface area contributed by atoms with E-state index >= 15 is 0 Å². The number of nitrogens with one attached hydrogen (secondary N) is 3. The van der Waals surface area contributed by atoms with Crippen LogP contribution < -0.4 is 21.9 Å². The lowest BCUT2D eigenvalue weighted by Gasteiger charge is -2.14. The molecule has 0 aromatic heterocycles. The average molecular weight is 367 g/mol. The van der Waals surface area contributed by atoms with Crippen LogP contribution in [0.4, 0.5) is 10.5 Å². The van der Waals surface area contributed by atoms with E-state index in [1.54, 1.807) is 43.4 Å². The van der Waals surface area contributed by atoms with Crippen molar-refractivity contribution in [3.63, 3.8) is 0 Å². The molecule has 0 radical (unpaired) electrons. The number of hydrazine groups is 1. The summed E-state index contributed by atoms with van der Waals surface area (Å²) in [5, 5.41) is 5.27. The number of carbonyl (C=O) groups excluding carboxylic acids is 3. The molecule has 0 spiro atoms. The predicted molar refractivity (Wildman–Crippen MR) is 101 cm³/mol. The summed E-state index contributed by atoms with van der Waals surface area (Å²) >= 11 is 0. The zero-order chi connectivity index (χ0) is 19.4. The van der Waals surface area contributed by atoms with E-state index in [4.69, 9.17) is 5.84 Å². The van der Waals surface area contributed by atoms with Crippen LogP contribution in [0.5, 0.6) is 0 Å². The highest BCUT2D eigenvalue weighted by molar-refractivity contribution is 6.04. The van der Waals surface area contributed by atoms with E-state index in [-0.39, 0.29) is 18.4 Å². The Bertz CT molecular complexity index is 866. The SMILES string of the molecule is CNC(=O)c1cccc(CN2C(=O)NC(Cc3ccc(NN)cc3)C2=O)c1. The zero-order valence-corrected chi connectivity index (χ0v) is 14.9. The molecule has 1 atom stereocenters. The van der Waals surface area contributed by atoms with Crippen LogP contribution in [0.1, 0.15) is 21.5 Å². The molecule has 3 rings (SSSR count). The molecule has 2 aromatic carbocycles. The van der Waals surface area contributed by atoms with Crippen molar-refractivity contribution in [2.24, 2.45) is 5.84 Å². The van der Waals surface area contributed by atoms with Crippen molar-refractivity contribution in [3.8, 4) is 0 Å². The number of urea groups is 1. The second kappa shape index (κ2) is 7.88. The van der Waals surface area contributed by atoms with Crippen LogP contribution in [-0.4, -0.2) is 35.8 Å². The minimum atomic E-state index is -0.615. The molecule has 4 amide bonds. The van der Waals surface area contributed by atoms with Gasteiger partial charge in [0.2, 0.25) is 0 Å². The van der Waals surface area contributed by atoms with Gasteiger partial charge in [-0.1, -0.05) is 24.3 Å². The van der Waals surface area contributed by atoms with Crippen molar-refractivity contribution >= 4 is 23.5 Å². The summed E-state index contributed by atoms with van der Waals surface area (Å²) < 4.78 is 0. The molecule has 1 fully saturated rings. The third-order valence-electron chi connectivity index (χ3n) is 4.42. The Hall–Kier alpha value is -3.39. The number of nitrogens with zero attached hydrogens (tertiary/aromatic N) is 1. The van der Waals surface area contributed by atoms with Gasteiger partial charge in [0, 0.05) is 24.7 Å². The summed E-state index contributed by atoms with van der Waals surface area (Å²) in [5.74, 6) is 4.83. The first-order valence-electron chi connectivity index (χ1n) is 8.50. The molecule has 8 heteroatoms. The van der Waals surface area contributed by atoms with Crippen molar-refractivity contribution in [3.05, 3.63) is 65.2 Å². The van der Waals surface area contributed by atoms with Gasteiger partial charge in [0.15, 0.2) is 0 Å². The molecule has 27 heavy (non-hydrogen) atoms. The minimum absolute atomic E-state index is 0.113. The van der Waals surface area contributed by atoms with E-state index < -0.39 is 12.1 Å². The monoisotopic (exact) mass is 367 g/mol. The van der Waals surface area contributed by atoms with Crippen molar-refractivity contribution in [2.75, 3.05) is 12.5 Å². The first kappa shape index (κ1) is 18.4. The highest BCUT2D eigenvalue weighted by Gasteiger charge is 2.37. The van der Waals surface area contributed by atoms with Gasteiger partial charge in [0.25, 0.3) is 11.8 Å². The number of rotatable bonds is 6. The first-order chi connectivity index (χ1) is 13.0. The number of amides is 4. The van der Waals surface area contributed by atoms with Gasteiger partial charge in [0.1, 0.15) is 6.04 Å². The first-order valence-corrected chi connectivity index (χ1v) is 8.50. The lowest BCUT2D eigenvalue weighted by Crippen LogP contribution is -2.32. The van der Waals surface area contributed by atoms with Crippen LogP contribution in [0, 0.1) is 0 Å². The van der Waals surface area contributed by atoms with Crippen molar-refractivity contribution in [2.45, 2.75) is 19.0 Å². The van der Waals surface area contributed by atoms with Gasteiger partial charge in [-0.05, 0) is 35.4 Å². The van der Waals surface area contributed by atoms with Crippen LogP contribution in [0.15, 0.2) is 48.5 Å². The van der Waals surface area contributed by atoms with E-state index in [1.807, 2.05) is 12.1 Å². The van der Waals surface area contributed by atoms with Crippen LogP contribution in [0.25, 0.3) is 0 Å². The number of hydrogen-bond acceptors (Lipinski definition) is 5. The lowest BCUT2D eigenvalue weighted by atomic mass is 10.1. The summed E-state index contributed by atoms with van der Waals surface area (Å²) in [7, 11) is 1.55. The van der Waals surface area contributed by atoms with Gasteiger partial charge in [-0.3, -0.25) is 20.3 Å². The van der Waals surface area contributed by atoms with Crippen molar-refractivity contribution in [1.82, 2.24) is 15.5 Å². The second-order valence-electron chi connectivity index (χ2n) is 6.25. The molecular formula is C19H21N5O3. The zero-order valence-electron chi connectivity index (χ0n) is 14.9. The predicted octanol–water partition coefficient (Wildman–Crippen LogP) is 0.995. The molecule has 0 saturated carbocycles. The molecule has 2 aromatic rings. The number of imide groups is 1. The van der Waals surface area contributed by atoms with E-state index in [1.165, 1.54) is 4.90 Å². The molecule has 8 nitrogen and oxygen atoms in total. The van der Waals surface area contributed by atoms with Crippen LogP contribution in [0.2, 0.25) is 0 Å². The maximum absolute atomic E-state index is 12.7. The summed E-state index contributed by atoms with van der Waals surface area (Å²) in [6.45, 7) is 0.113. The Morgan fingerprint density at radius 1 is 1.15 bits per heavy atom. The minimum Gasteiger partial charge on any atom is -0.355 e. The molecule has 1 heterocycles. The van der Waals surface area contributed by atoms with Crippen LogP contribution >= 0.6 is 0 Å². The number of nitrogen functional groups attached to an aromatic ring is 1. The molecule has 0 bridgehead atoms. The maximum Gasteiger partial charge on any atom is 0.325 e. The standard InChI is InChI=1S/C19H21N5O3/c1-21-17(25)14-4-2-3-13(9-14)11-24-18(26)16(22-19(24)27)10-12-5-7-15(23-20)8-6-12/h2-9,16,23H,10-11,20H2,1H3,(H,21,25)(H,22,27). The fourth-order valence-corrected chi connectivity index (χ4v) is 2.98. The fourth-order valence-electron chi connectivity index (χ4n) is 2.98. The van der Waals surface area contributed by atoms with Gasteiger partial charge in [-0.15, -0.1) is 0 Å². The van der Waals surface area contributed by atoms with Crippen molar-refractivity contribution in [1.29, 1.82) is 0 Å².